The van der Waals surface area contributed by atoms with Crippen molar-refractivity contribution in [3.05, 3.63) is 53.5 Å². The third-order valence-electron chi connectivity index (χ3n) is 3.18. The number of rotatable bonds is 7. The third kappa shape index (κ3) is 3.85. The van der Waals surface area contributed by atoms with Crippen LogP contribution in [0.4, 0.5) is 0 Å². The molecule has 0 aliphatic heterocycles. The summed E-state index contributed by atoms with van der Waals surface area (Å²) in [4.78, 5) is 0. The van der Waals surface area contributed by atoms with Gasteiger partial charge in [-0.3, -0.25) is 0 Å². The molecule has 0 radical (unpaired) electrons. The summed E-state index contributed by atoms with van der Waals surface area (Å²) in [6, 6.07) is 11.4. The van der Waals surface area contributed by atoms with Crippen LogP contribution in [-0.2, 0) is 13.0 Å². The van der Waals surface area contributed by atoms with Crippen molar-refractivity contribution in [3.63, 3.8) is 0 Å². The molecule has 0 spiro atoms. The van der Waals surface area contributed by atoms with Gasteiger partial charge in [0, 0.05) is 13.0 Å². The van der Waals surface area contributed by atoms with Crippen molar-refractivity contribution in [3.8, 4) is 5.75 Å². The van der Waals surface area contributed by atoms with Crippen molar-refractivity contribution in [2.75, 3.05) is 13.7 Å². The molecule has 0 bridgehead atoms. The molecule has 0 aliphatic carbocycles. The highest BCUT2D eigenvalue weighted by atomic mass is 16.5. The van der Waals surface area contributed by atoms with Crippen LogP contribution in [0.1, 0.15) is 30.1 Å². The van der Waals surface area contributed by atoms with Gasteiger partial charge in [0.1, 0.15) is 17.3 Å². The Hall–Kier alpha value is -1.78. The van der Waals surface area contributed by atoms with Gasteiger partial charge in [0.2, 0.25) is 0 Å². The molecule has 1 aromatic carbocycles. The Kier molecular flexibility index (Phi) is 5.21. The number of benzene rings is 1. The monoisotopic (exact) mass is 275 g/mol. The fraction of sp³-hybridized carbons (Fsp3) is 0.375. The van der Waals surface area contributed by atoms with Gasteiger partial charge in [-0.15, -0.1) is 0 Å². The highest BCUT2D eigenvalue weighted by Crippen LogP contribution is 2.18. The van der Waals surface area contributed by atoms with Crippen molar-refractivity contribution >= 4 is 0 Å². The number of ether oxygens (including phenoxy) is 1. The molecule has 0 amide bonds. The second kappa shape index (κ2) is 7.12. The lowest BCUT2D eigenvalue weighted by atomic mass is 10.1. The number of furan rings is 1. The Morgan fingerprint density at radius 2 is 2.05 bits per heavy atom. The molecule has 4 nitrogen and oxygen atoms in total. The number of aliphatic hydroxyl groups excluding tert-OH is 1. The van der Waals surface area contributed by atoms with E-state index >= 15 is 0 Å². The number of hydrogen-bond donors (Lipinski definition) is 2. The summed E-state index contributed by atoms with van der Waals surface area (Å²) in [7, 11) is 1.62. The molecular weight excluding hydrogens is 254 g/mol. The molecule has 2 aromatic rings. The molecule has 1 heterocycles. The van der Waals surface area contributed by atoms with Crippen LogP contribution in [0, 0.1) is 0 Å². The molecule has 2 rings (SSSR count). The van der Waals surface area contributed by atoms with Crippen LogP contribution >= 0.6 is 0 Å². The lowest BCUT2D eigenvalue weighted by Crippen LogP contribution is -2.20. The van der Waals surface area contributed by atoms with Crippen molar-refractivity contribution in [1.82, 2.24) is 5.32 Å². The SMILES string of the molecule is CCc1ccc(CNCC(O)c2cccc(OC)c2)o1. The molecule has 108 valence electrons. The van der Waals surface area contributed by atoms with Crippen LogP contribution in [0.15, 0.2) is 40.8 Å². The minimum absolute atomic E-state index is 0.468. The van der Waals surface area contributed by atoms with Gasteiger partial charge in [-0.25, -0.2) is 0 Å². The number of nitrogens with one attached hydrogen (secondary N) is 1. The topological polar surface area (TPSA) is 54.6 Å². The number of aliphatic hydroxyl groups is 1. The molecular formula is C16H21NO3. The molecule has 0 aliphatic rings. The van der Waals surface area contributed by atoms with Crippen molar-refractivity contribution in [1.29, 1.82) is 0 Å². The van der Waals surface area contributed by atoms with E-state index < -0.39 is 6.10 Å². The maximum atomic E-state index is 10.1. The van der Waals surface area contributed by atoms with Crippen LogP contribution in [-0.4, -0.2) is 18.8 Å². The summed E-state index contributed by atoms with van der Waals surface area (Å²) in [5.74, 6) is 2.62. The average Bonchev–Trinajstić information content (AvgIpc) is 2.95. The minimum atomic E-state index is -0.564. The maximum absolute atomic E-state index is 10.1. The van der Waals surface area contributed by atoms with Gasteiger partial charge in [0.25, 0.3) is 0 Å². The lowest BCUT2D eigenvalue weighted by Gasteiger charge is -2.12. The van der Waals surface area contributed by atoms with Crippen LogP contribution in [0.25, 0.3) is 0 Å². The lowest BCUT2D eigenvalue weighted by molar-refractivity contribution is 0.173. The molecule has 0 saturated carbocycles. The van der Waals surface area contributed by atoms with E-state index in [-0.39, 0.29) is 0 Å². The molecule has 1 aromatic heterocycles. The smallest absolute Gasteiger partial charge is 0.119 e. The molecule has 1 unspecified atom stereocenters. The Balaban J connectivity index is 1.83. The highest BCUT2D eigenvalue weighted by Gasteiger charge is 2.08. The number of methoxy groups -OCH3 is 1. The van der Waals surface area contributed by atoms with E-state index in [2.05, 4.69) is 12.2 Å². The van der Waals surface area contributed by atoms with E-state index in [9.17, 15) is 5.11 Å². The van der Waals surface area contributed by atoms with Gasteiger partial charge in [-0.1, -0.05) is 19.1 Å². The Bertz CT molecular complexity index is 536. The largest absolute Gasteiger partial charge is 0.497 e. The summed E-state index contributed by atoms with van der Waals surface area (Å²) in [6.07, 6.45) is 0.331. The van der Waals surface area contributed by atoms with Gasteiger partial charge in [-0.05, 0) is 29.8 Å². The van der Waals surface area contributed by atoms with Crippen molar-refractivity contribution < 1.29 is 14.3 Å². The van der Waals surface area contributed by atoms with Crippen LogP contribution in [0.3, 0.4) is 0 Å². The van der Waals surface area contributed by atoms with Crippen LogP contribution in [0.5, 0.6) is 5.75 Å². The summed E-state index contributed by atoms with van der Waals surface area (Å²) >= 11 is 0. The minimum Gasteiger partial charge on any atom is -0.497 e. The third-order valence-corrected chi connectivity index (χ3v) is 3.18. The quantitative estimate of drug-likeness (QED) is 0.815. The van der Waals surface area contributed by atoms with Gasteiger partial charge >= 0.3 is 0 Å². The zero-order valence-electron chi connectivity index (χ0n) is 11.9. The molecule has 1 atom stereocenters. The Labute approximate surface area is 119 Å². The second-order valence-corrected chi connectivity index (χ2v) is 4.64. The number of aryl methyl sites for hydroxylation is 1. The van der Waals surface area contributed by atoms with E-state index in [0.717, 1.165) is 29.3 Å². The summed E-state index contributed by atoms with van der Waals surface area (Å²) in [5, 5.41) is 13.3. The summed E-state index contributed by atoms with van der Waals surface area (Å²) < 4.78 is 10.7. The molecule has 4 heteroatoms. The first-order valence-electron chi connectivity index (χ1n) is 6.83. The van der Waals surface area contributed by atoms with Crippen LogP contribution in [0.2, 0.25) is 0 Å². The van der Waals surface area contributed by atoms with Gasteiger partial charge < -0.3 is 19.6 Å². The van der Waals surface area contributed by atoms with Gasteiger partial charge in [0.05, 0.1) is 19.8 Å². The average molecular weight is 275 g/mol. The predicted molar refractivity (Wildman–Crippen MR) is 77.7 cm³/mol. The standard InChI is InChI=1S/C16H21NO3/c1-3-13-7-8-15(20-13)10-17-11-16(18)12-5-4-6-14(9-12)19-2/h4-9,16-18H,3,10-11H2,1-2H3. The van der Waals surface area contributed by atoms with Gasteiger partial charge in [0.15, 0.2) is 0 Å². The summed E-state index contributed by atoms with van der Waals surface area (Å²) in [5.41, 5.74) is 0.838. The second-order valence-electron chi connectivity index (χ2n) is 4.64. The highest BCUT2D eigenvalue weighted by molar-refractivity contribution is 5.29. The first-order valence-corrected chi connectivity index (χ1v) is 6.83. The van der Waals surface area contributed by atoms with Crippen LogP contribution < -0.4 is 10.1 Å². The fourth-order valence-corrected chi connectivity index (χ4v) is 2.01. The van der Waals surface area contributed by atoms with Gasteiger partial charge in [-0.2, -0.15) is 0 Å². The van der Waals surface area contributed by atoms with E-state index in [1.54, 1.807) is 7.11 Å². The van der Waals surface area contributed by atoms with Crippen molar-refractivity contribution in [2.24, 2.45) is 0 Å². The zero-order chi connectivity index (χ0) is 14.4. The molecule has 0 fully saturated rings. The normalized spacial score (nSPS) is 12.3. The van der Waals surface area contributed by atoms with E-state index in [1.807, 2.05) is 36.4 Å². The first-order chi connectivity index (χ1) is 9.72. The number of hydrogen-bond acceptors (Lipinski definition) is 4. The Morgan fingerprint density at radius 1 is 1.25 bits per heavy atom. The molecule has 20 heavy (non-hydrogen) atoms. The predicted octanol–water partition coefficient (Wildman–Crippen LogP) is 2.67. The summed E-state index contributed by atoms with van der Waals surface area (Å²) in [6.45, 7) is 3.14. The first kappa shape index (κ1) is 14.6. The molecule has 0 saturated heterocycles. The fourth-order valence-electron chi connectivity index (χ4n) is 2.01. The zero-order valence-corrected chi connectivity index (χ0v) is 11.9. The maximum Gasteiger partial charge on any atom is 0.119 e. The van der Waals surface area contributed by atoms with Crippen molar-refractivity contribution in [2.45, 2.75) is 26.0 Å². The Morgan fingerprint density at radius 3 is 2.75 bits per heavy atom. The van der Waals surface area contributed by atoms with E-state index in [4.69, 9.17) is 9.15 Å². The van der Waals surface area contributed by atoms with E-state index in [1.165, 1.54) is 0 Å². The van der Waals surface area contributed by atoms with E-state index in [0.29, 0.717) is 13.1 Å². The molecule has 2 N–H and O–H groups in total.